The second kappa shape index (κ2) is 9.59. The number of amides is 2. The van der Waals surface area contributed by atoms with Gasteiger partial charge in [0.1, 0.15) is 0 Å². The minimum Gasteiger partial charge on any atom is -0.352 e. The zero-order valence-corrected chi connectivity index (χ0v) is 22.2. The van der Waals surface area contributed by atoms with Gasteiger partial charge in [-0.1, -0.05) is 40.5 Å². The molecule has 0 atom stereocenters. The monoisotopic (exact) mass is 565 g/mol. The SMILES string of the molecule is Cn1c(Nc2cc(CNC(=O)C3(C)CC3)ccc2Cl)nc2cc(C(=O)Nc3ccc(Br)cc3)ccc21. The summed E-state index contributed by atoms with van der Waals surface area (Å²) in [7, 11) is 1.90. The Morgan fingerprint density at radius 2 is 1.83 bits per heavy atom. The van der Waals surface area contributed by atoms with Crippen LogP contribution in [-0.4, -0.2) is 21.4 Å². The molecule has 1 aliphatic rings. The van der Waals surface area contributed by atoms with Crippen LogP contribution in [0.25, 0.3) is 11.0 Å². The van der Waals surface area contributed by atoms with Gasteiger partial charge in [0.2, 0.25) is 11.9 Å². The Morgan fingerprint density at radius 1 is 1.08 bits per heavy atom. The fourth-order valence-electron chi connectivity index (χ4n) is 3.90. The number of imidazole rings is 1. The van der Waals surface area contributed by atoms with Crippen LogP contribution in [0.2, 0.25) is 5.02 Å². The van der Waals surface area contributed by atoms with E-state index >= 15 is 0 Å². The molecular formula is C27H25BrClN5O2. The Morgan fingerprint density at radius 3 is 2.56 bits per heavy atom. The molecule has 1 heterocycles. The van der Waals surface area contributed by atoms with Gasteiger partial charge in [0.25, 0.3) is 5.91 Å². The molecule has 184 valence electrons. The summed E-state index contributed by atoms with van der Waals surface area (Å²) in [6, 6.07) is 18.4. The minimum atomic E-state index is -0.214. The number of nitrogens with zero attached hydrogens (tertiary/aromatic N) is 2. The first kappa shape index (κ1) is 24.3. The van der Waals surface area contributed by atoms with Crippen molar-refractivity contribution in [3.63, 3.8) is 0 Å². The van der Waals surface area contributed by atoms with E-state index < -0.39 is 0 Å². The van der Waals surface area contributed by atoms with Crippen LogP contribution in [0, 0.1) is 5.41 Å². The van der Waals surface area contributed by atoms with E-state index in [2.05, 4.69) is 31.9 Å². The highest BCUT2D eigenvalue weighted by Gasteiger charge is 2.44. The average Bonchev–Trinajstić information content (AvgIpc) is 3.55. The Balaban J connectivity index is 1.33. The van der Waals surface area contributed by atoms with Crippen molar-refractivity contribution in [3.05, 3.63) is 81.3 Å². The lowest BCUT2D eigenvalue weighted by molar-refractivity contribution is -0.125. The third-order valence-electron chi connectivity index (χ3n) is 6.52. The number of aromatic nitrogens is 2. The molecule has 9 heteroatoms. The van der Waals surface area contributed by atoms with Gasteiger partial charge < -0.3 is 20.5 Å². The predicted molar refractivity (Wildman–Crippen MR) is 147 cm³/mol. The summed E-state index contributed by atoms with van der Waals surface area (Å²) in [5, 5.41) is 9.75. The molecule has 0 aliphatic heterocycles. The summed E-state index contributed by atoms with van der Waals surface area (Å²) in [5.41, 5.74) is 4.18. The number of carbonyl (C=O) groups is 2. The molecule has 4 aromatic rings. The van der Waals surface area contributed by atoms with E-state index in [-0.39, 0.29) is 17.2 Å². The topological polar surface area (TPSA) is 88.1 Å². The van der Waals surface area contributed by atoms with E-state index in [4.69, 9.17) is 16.6 Å². The molecular weight excluding hydrogens is 542 g/mol. The predicted octanol–water partition coefficient (Wildman–Crippen LogP) is 6.40. The standard InChI is InChI=1S/C27H25BrClN5O2/c1-27(11-12-27)25(36)30-15-16-3-9-20(29)21(13-16)32-26-33-22-14-17(4-10-23(22)34(26)2)24(35)31-19-7-5-18(28)6-8-19/h3-10,13-14H,11-12,15H2,1-2H3,(H,30,36)(H,31,35)(H,32,33). The van der Waals surface area contributed by atoms with Crippen molar-refractivity contribution >= 4 is 67.7 Å². The smallest absolute Gasteiger partial charge is 0.255 e. The highest BCUT2D eigenvalue weighted by Crippen LogP contribution is 2.45. The summed E-state index contributed by atoms with van der Waals surface area (Å²) in [4.78, 5) is 29.7. The summed E-state index contributed by atoms with van der Waals surface area (Å²) >= 11 is 9.85. The van der Waals surface area contributed by atoms with E-state index in [9.17, 15) is 9.59 Å². The van der Waals surface area contributed by atoms with Crippen molar-refractivity contribution in [1.29, 1.82) is 0 Å². The second-order valence-electron chi connectivity index (χ2n) is 9.34. The van der Waals surface area contributed by atoms with Crippen LogP contribution >= 0.6 is 27.5 Å². The number of anilines is 3. The number of aryl methyl sites for hydroxylation is 1. The zero-order chi connectivity index (χ0) is 25.4. The number of benzene rings is 3. The molecule has 5 rings (SSSR count). The molecule has 1 aromatic heterocycles. The van der Waals surface area contributed by atoms with Crippen LogP contribution < -0.4 is 16.0 Å². The molecule has 1 fully saturated rings. The summed E-state index contributed by atoms with van der Waals surface area (Å²) in [5.74, 6) is 0.462. The molecule has 0 bridgehead atoms. The van der Waals surface area contributed by atoms with E-state index in [1.807, 2.05) is 61.0 Å². The van der Waals surface area contributed by atoms with Gasteiger partial charge in [-0.3, -0.25) is 9.59 Å². The van der Waals surface area contributed by atoms with E-state index in [0.717, 1.165) is 28.4 Å². The fraction of sp³-hybridized carbons (Fsp3) is 0.222. The third-order valence-corrected chi connectivity index (χ3v) is 7.38. The Bertz CT molecular complexity index is 1480. The lowest BCUT2D eigenvalue weighted by atomic mass is 10.1. The first-order valence-electron chi connectivity index (χ1n) is 11.6. The van der Waals surface area contributed by atoms with Gasteiger partial charge in [-0.05, 0) is 73.0 Å². The first-order chi connectivity index (χ1) is 17.2. The van der Waals surface area contributed by atoms with Gasteiger partial charge in [0, 0.05) is 34.7 Å². The van der Waals surface area contributed by atoms with Crippen molar-refractivity contribution in [2.24, 2.45) is 12.5 Å². The van der Waals surface area contributed by atoms with Gasteiger partial charge >= 0.3 is 0 Å². The van der Waals surface area contributed by atoms with Crippen molar-refractivity contribution in [1.82, 2.24) is 14.9 Å². The molecule has 0 radical (unpaired) electrons. The summed E-state index contributed by atoms with van der Waals surface area (Å²) in [6.07, 6.45) is 1.87. The quantitative estimate of drug-likeness (QED) is 0.241. The van der Waals surface area contributed by atoms with E-state index in [1.165, 1.54) is 0 Å². The van der Waals surface area contributed by atoms with Gasteiger partial charge in [0.15, 0.2) is 0 Å². The fourth-order valence-corrected chi connectivity index (χ4v) is 4.33. The maximum Gasteiger partial charge on any atom is 0.255 e. The number of nitrogens with one attached hydrogen (secondary N) is 3. The van der Waals surface area contributed by atoms with Crippen LogP contribution in [0.1, 0.15) is 35.7 Å². The highest BCUT2D eigenvalue weighted by atomic mass is 79.9. The van der Waals surface area contributed by atoms with E-state index in [0.29, 0.717) is 40.0 Å². The number of hydrogen-bond donors (Lipinski definition) is 3. The maximum atomic E-state index is 12.8. The van der Waals surface area contributed by atoms with Crippen LogP contribution in [0.4, 0.5) is 17.3 Å². The molecule has 0 saturated heterocycles. The molecule has 2 amide bonds. The molecule has 1 saturated carbocycles. The maximum absolute atomic E-state index is 12.8. The van der Waals surface area contributed by atoms with Gasteiger partial charge in [0.05, 0.1) is 21.7 Å². The first-order valence-corrected chi connectivity index (χ1v) is 12.8. The molecule has 0 spiro atoms. The lowest BCUT2D eigenvalue weighted by Gasteiger charge is -2.13. The van der Waals surface area contributed by atoms with Gasteiger partial charge in [-0.25, -0.2) is 4.98 Å². The highest BCUT2D eigenvalue weighted by molar-refractivity contribution is 9.10. The van der Waals surface area contributed by atoms with Crippen LogP contribution in [0.5, 0.6) is 0 Å². The molecule has 7 nitrogen and oxygen atoms in total. The lowest BCUT2D eigenvalue weighted by Crippen LogP contribution is -2.29. The zero-order valence-electron chi connectivity index (χ0n) is 19.9. The van der Waals surface area contributed by atoms with Crippen molar-refractivity contribution in [2.45, 2.75) is 26.3 Å². The van der Waals surface area contributed by atoms with E-state index in [1.54, 1.807) is 18.2 Å². The van der Waals surface area contributed by atoms with Crippen LogP contribution in [0.15, 0.2) is 65.1 Å². The van der Waals surface area contributed by atoms with Crippen LogP contribution in [0.3, 0.4) is 0 Å². The van der Waals surface area contributed by atoms with Crippen LogP contribution in [-0.2, 0) is 18.4 Å². The molecule has 36 heavy (non-hydrogen) atoms. The average molecular weight is 567 g/mol. The Kier molecular flexibility index (Phi) is 6.49. The number of fused-ring (bicyclic) bond motifs is 1. The molecule has 0 unspecified atom stereocenters. The molecule has 3 N–H and O–H groups in total. The van der Waals surface area contributed by atoms with Crippen molar-refractivity contribution in [3.8, 4) is 0 Å². The van der Waals surface area contributed by atoms with Crippen molar-refractivity contribution in [2.75, 3.05) is 10.6 Å². The number of rotatable bonds is 7. The number of halogens is 2. The largest absolute Gasteiger partial charge is 0.352 e. The number of hydrogen-bond acceptors (Lipinski definition) is 4. The second-order valence-corrected chi connectivity index (χ2v) is 10.7. The minimum absolute atomic E-state index is 0.0854. The van der Waals surface area contributed by atoms with Gasteiger partial charge in [-0.2, -0.15) is 0 Å². The number of carbonyl (C=O) groups excluding carboxylic acids is 2. The summed E-state index contributed by atoms with van der Waals surface area (Å²) < 4.78 is 2.85. The Hall–Kier alpha value is -3.36. The van der Waals surface area contributed by atoms with Crippen molar-refractivity contribution < 1.29 is 9.59 Å². The Labute approximate surface area is 222 Å². The normalized spacial score (nSPS) is 13.9. The third kappa shape index (κ3) is 5.10. The molecule has 1 aliphatic carbocycles. The van der Waals surface area contributed by atoms with Gasteiger partial charge in [-0.15, -0.1) is 0 Å². The summed E-state index contributed by atoms with van der Waals surface area (Å²) in [6.45, 7) is 2.42. The molecule has 3 aromatic carbocycles.